The van der Waals surface area contributed by atoms with Crippen LogP contribution >= 0.6 is 35.3 Å². The predicted octanol–water partition coefficient (Wildman–Crippen LogP) is 3.40. The van der Waals surface area contributed by atoms with Gasteiger partial charge in [0.1, 0.15) is 0 Å². The van der Waals surface area contributed by atoms with Crippen LogP contribution in [0, 0.1) is 5.92 Å². The van der Waals surface area contributed by atoms with Gasteiger partial charge in [-0.25, -0.2) is 0 Å². The average molecular weight is 437 g/mol. The molecule has 1 aliphatic rings. The van der Waals surface area contributed by atoms with Gasteiger partial charge in [-0.05, 0) is 47.1 Å². The fourth-order valence-corrected chi connectivity index (χ4v) is 2.93. The Morgan fingerprint density at radius 2 is 2.32 bits per heavy atom. The molecule has 0 amide bonds. The molecule has 1 heterocycles. The van der Waals surface area contributed by atoms with Crippen molar-refractivity contribution in [3.05, 3.63) is 22.4 Å². The van der Waals surface area contributed by atoms with Crippen molar-refractivity contribution in [3.8, 4) is 0 Å². The number of ether oxygens (including phenoxy) is 1. The minimum absolute atomic E-state index is 0. The Labute approximate surface area is 155 Å². The van der Waals surface area contributed by atoms with E-state index in [0.29, 0.717) is 5.92 Å². The number of nitrogens with zero attached hydrogens (tertiary/aromatic N) is 2. The van der Waals surface area contributed by atoms with E-state index in [0.717, 1.165) is 38.2 Å². The molecule has 1 unspecified atom stereocenters. The SMILES string of the molecule is CN=C(NCC(C)c1ccsc1)N(C)CCOCC1CC1.I. The topological polar surface area (TPSA) is 36.9 Å². The first-order valence-corrected chi connectivity index (χ1v) is 8.66. The summed E-state index contributed by atoms with van der Waals surface area (Å²) in [7, 11) is 3.89. The molecule has 1 atom stereocenters. The molecule has 0 radical (unpaired) electrons. The van der Waals surface area contributed by atoms with Crippen molar-refractivity contribution in [1.29, 1.82) is 0 Å². The van der Waals surface area contributed by atoms with Crippen molar-refractivity contribution >= 4 is 41.3 Å². The summed E-state index contributed by atoms with van der Waals surface area (Å²) < 4.78 is 5.68. The summed E-state index contributed by atoms with van der Waals surface area (Å²) >= 11 is 1.75. The van der Waals surface area contributed by atoms with E-state index in [9.17, 15) is 0 Å². The van der Waals surface area contributed by atoms with Gasteiger partial charge in [0.05, 0.1) is 6.61 Å². The Morgan fingerprint density at radius 3 is 2.91 bits per heavy atom. The zero-order valence-electron chi connectivity index (χ0n) is 13.7. The molecule has 0 aliphatic heterocycles. The lowest BCUT2D eigenvalue weighted by atomic mass is 10.1. The van der Waals surface area contributed by atoms with Crippen molar-refractivity contribution in [1.82, 2.24) is 10.2 Å². The fourth-order valence-electron chi connectivity index (χ4n) is 2.14. The highest BCUT2D eigenvalue weighted by molar-refractivity contribution is 14.0. The van der Waals surface area contributed by atoms with Crippen LogP contribution in [0.1, 0.15) is 31.2 Å². The molecule has 0 bridgehead atoms. The first kappa shape index (κ1) is 19.7. The number of hydrogen-bond donors (Lipinski definition) is 1. The van der Waals surface area contributed by atoms with E-state index in [1.807, 2.05) is 7.05 Å². The Morgan fingerprint density at radius 1 is 1.55 bits per heavy atom. The molecule has 22 heavy (non-hydrogen) atoms. The molecule has 1 aliphatic carbocycles. The zero-order valence-corrected chi connectivity index (χ0v) is 16.9. The van der Waals surface area contributed by atoms with Crippen molar-refractivity contribution in [2.75, 3.05) is 40.4 Å². The van der Waals surface area contributed by atoms with Crippen LogP contribution < -0.4 is 5.32 Å². The number of likely N-dealkylation sites (N-methyl/N-ethyl adjacent to an activating group) is 1. The normalized spacial score (nSPS) is 16.0. The summed E-state index contributed by atoms with van der Waals surface area (Å²) in [4.78, 5) is 6.48. The van der Waals surface area contributed by atoms with E-state index in [1.165, 1.54) is 18.4 Å². The highest BCUT2D eigenvalue weighted by Gasteiger charge is 2.21. The van der Waals surface area contributed by atoms with Gasteiger partial charge in [0.2, 0.25) is 0 Å². The third-order valence-corrected chi connectivity index (χ3v) is 4.57. The number of nitrogens with one attached hydrogen (secondary N) is 1. The molecule has 126 valence electrons. The molecule has 1 saturated carbocycles. The Bertz CT molecular complexity index is 435. The van der Waals surface area contributed by atoms with E-state index in [-0.39, 0.29) is 24.0 Å². The Kier molecular flexibility index (Phi) is 9.35. The van der Waals surface area contributed by atoms with Gasteiger partial charge < -0.3 is 15.0 Å². The molecule has 6 heteroatoms. The monoisotopic (exact) mass is 437 g/mol. The van der Waals surface area contributed by atoms with Crippen LogP contribution in [0.5, 0.6) is 0 Å². The average Bonchev–Trinajstić information content (AvgIpc) is 3.14. The molecular formula is C16H28IN3OS. The van der Waals surface area contributed by atoms with Crippen LogP contribution in [-0.4, -0.2) is 51.3 Å². The lowest BCUT2D eigenvalue weighted by molar-refractivity contribution is 0.115. The zero-order chi connectivity index (χ0) is 15.1. The molecule has 4 nitrogen and oxygen atoms in total. The van der Waals surface area contributed by atoms with Gasteiger partial charge in [0.15, 0.2) is 5.96 Å². The molecule has 2 rings (SSSR count). The highest BCUT2D eigenvalue weighted by atomic mass is 127. The summed E-state index contributed by atoms with van der Waals surface area (Å²) in [5.41, 5.74) is 1.39. The summed E-state index contributed by atoms with van der Waals surface area (Å²) in [6, 6.07) is 2.19. The van der Waals surface area contributed by atoms with Crippen molar-refractivity contribution in [3.63, 3.8) is 0 Å². The molecular weight excluding hydrogens is 409 g/mol. The Balaban J connectivity index is 0.00000242. The van der Waals surface area contributed by atoms with E-state index >= 15 is 0 Å². The first-order valence-electron chi connectivity index (χ1n) is 7.72. The second-order valence-corrected chi connectivity index (χ2v) is 6.61. The van der Waals surface area contributed by atoms with E-state index < -0.39 is 0 Å². The molecule has 1 N–H and O–H groups in total. The number of halogens is 1. The maximum Gasteiger partial charge on any atom is 0.193 e. The van der Waals surface area contributed by atoms with E-state index in [2.05, 4.69) is 46.0 Å². The number of guanidine groups is 1. The van der Waals surface area contributed by atoms with Crippen LogP contribution in [-0.2, 0) is 4.74 Å². The summed E-state index contributed by atoms with van der Waals surface area (Å²) in [6.45, 7) is 5.71. The molecule has 1 fully saturated rings. The van der Waals surface area contributed by atoms with Gasteiger partial charge in [-0.3, -0.25) is 4.99 Å². The minimum Gasteiger partial charge on any atom is -0.379 e. The number of hydrogen-bond acceptors (Lipinski definition) is 3. The van der Waals surface area contributed by atoms with Gasteiger partial charge in [0, 0.05) is 33.8 Å². The maximum absolute atomic E-state index is 5.68. The molecule has 0 spiro atoms. The summed E-state index contributed by atoms with van der Waals surface area (Å²) in [5.74, 6) is 2.26. The Hall–Kier alpha value is -0.340. The highest BCUT2D eigenvalue weighted by Crippen LogP contribution is 2.28. The standard InChI is InChI=1S/C16H27N3OS.HI/c1-13(15-6-9-21-12-15)10-18-16(17-2)19(3)7-8-20-11-14-4-5-14;/h6,9,12-14H,4-5,7-8,10-11H2,1-3H3,(H,17,18);1H. The number of aliphatic imine (C=N–C) groups is 1. The van der Waals surface area contributed by atoms with Crippen molar-refractivity contribution in [2.45, 2.75) is 25.7 Å². The van der Waals surface area contributed by atoms with Crippen LogP contribution in [0.4, 0.5) is 0 Å². The van der Waals surface area contributed by atoms with Crippen molar-refractivity contribution in [2.24, 2.45) is 10.9 Å². The minimum atomic E-state index is 0. The van der Waals surface area contributed by atoms with Gasteiger partial charge in [-0.2, -0.15) is 11.3 Å². The number of rotatable bonds is 8. The largest absolute Gasteiger partial charge is 0.379 e. The second-order valence-electron chi connectivity index (χ2n) is 5.83. The van der Waals surface area contributed by atoms with Crippen LogP contribution in [0.15, 0.2) is 21.8 Å². The summed E-state index contributed by atoms with van der Waals surface area (Å²) in [5, 5.41) is 7.79. The van der Waals surface area contributed by atoms with Gasteiger partial charge in [-0.15, -0.1) is 24.0 Å². The predicted molar refractivity (Wildman–Crippen MR) is 106 cm³/mol. The van der Waals surface area contributed by atoms with E-state index in [4.69, 9.17) is 4.74 Å². The lowest BCUT2D eigenvalue weighted by Gasteiger charge is -2.23. The smallest absolute Gasteiger partial charge is 0.193 e. The van der Waals surface area contributed by atoms with Crippen LogP contribution in [0.2, 0.25) is 0 Å². The summed E-state index contributed by atoms with van der Waals surface area (Å²) in [6.07, 6.45) is 2.69. The van der Waals surface area contributed by atoms with Crippen molar-refractivity contribution < 1.29 is 4.74 Å². The van der Waals surface area contributed by atoms with E-state index in [1.54, 1.807) is 11.3 Å². The third-order valence-electron chi connectivity index (χ3n) is 3.87. The van der Waals surface area contributed by atoms with Crippen LogP contribution in [0.3, 0.4) is 0 Å². The third kappa shape index (κ3) is 6.83. The van der Waals surface area contributed by atoms with Gasteiger partial charge in [-0.1, -0.05) is 6.92 Å². The van der Waals surface area contributed by atoms with Crippen LogP contribution in [0.25, 0.3) is 0 Å². The molecule has 0 saturated heterocycles. The molecule has 0 aromatic carbocycles. The maximum atomic E-state index is 5.68. The van der Waals surface area contributed by atoms with Gasteiger partial charge in [0.25, 0.3) is 0 Å². The fraction of sp³-hybridized carbons (Fsp3) is 0.688. The molecule has 1 aromatic rings. The second kappa shape index (κ2) is 10.4. The first-order chi connectivity index (χ1) is 10.2. The molecule has 1 aromatic heterocycles. The van der Waals surface area contributed by atoms with Gasteiger partial charge >= 0.3 is 0 Å². The lowest BCUT2D eigenvalue weighted by Crippen LogP contribution is -2.41. The quantitative estimate of drug-likeness (QED) is 0.293. The number of thiophene rings is 1.